The lowest BCUT2D eigenvalue weighted by molar-refractivity contribution is -0.0660. The molecule has 0 spiro atoms. The van der Waals surface area contributed by atoms with Crippen LogP contribution < -0.4 is 0 Å². The molecule has 6 heteroatoms. The number of aryl methyl sites for hydroxylation is 1. The maximum absolute atomic E-state index is 12.5. The Balaban J connectivity index is 1.79. The molecular formula is C14H20ClN3O2. The quantitative estimate of drug-likeness (QED) is 0.904. The SMILES string of the molecule is CC1CN(C(=O)c2nn(C)cc2Cl)CC1(O)C1CCC1. The van der Waals surface area contributed by atoms with Crippen LogP contribution in [0.5, 0.6) is 0 Å². The molecule has 2 fully saturated rings. The number of nitrogens with zero attached hydrogens (tertiary/aromatic N) is 3. The molecule has 1 saturated carbocycles. The van der Waals surface area contributed by atoms with Gasteiger partial charge in [-0.2, -0.15) is 5.10 Å². The Hall–Kier alpha value is -1.07. The molecule has 1 N–H and O–H groups in total. The van der Waals surface area contributed by atoms with Gasteiger partial charge in [0.2, 0.25) is 0 Å². The summed E-state index contributed by atoms with van der Waals surface area (Å²) < 4.78 is 1.53. The number of likely N-dealkylation sites (tertiary alicyclic amines) is 1. The van der Waals surface area contributed by atoms with Gasteiger partial charge in [-0.25, -0.2) is 0 Å². The normalized spacial score (nSPS) is 30.6. The zero-order valence-electron chi connectivity index (χ0n) is 11.8. The molecule has 2 unspecified atom stereocenters. The topological polar surface area (TPSA) is 58.4 Å². The van der Waals surface area contributed by atoms with E-state index in [1.165, 1.54) is 11.1 Å². The smallest absolute Gasteiger partial charge is 0.276 e. The van der Waals surface area contributed by atoms with Gasteiger partial charge in [-0.1, -0.05) is 24.9 Å². The number of aromatic nitrogens is 2. The molecular weight excluding hydrogens is 278 g/mol. The van der Waals surface area contributed by atoms with Gasteiger partial charge in [-0.05, 0) is 18.8 Å². The molecule has 1 aromatic heterocycles. The van der Waals surface area contributed by atoms with Crippen molar-refractivity contribution in [3.05, 3.63) is 16.9 Å². The first-order valence-corrected chi connectivity index (χ1v) is 7.50. The van der Waals surface area contributed by atoms with Crippen LogP contribution in [0, 0.1) is 11.8 Å². The van der Waals surface area contributed by atoms with Crippen LogP contribution in [0.15, 0.2) is 6.20 Å². The number of halogens is 1. The summed E-state index contributed by atoms with van der Waals surface area (Å²) in [7, 11) is 1.74. The molecule has 2 aliphatic rings. The minimum atomic E-state index is -0.741. The minimum Gasteiger partial charge on any atom is -0.387 e. The number of β-amino-alcohol motifs (C(OH)–C–C–N with tert-alkyl or cyclic N) is 1. The first kappa shape index (κ1) is 13.9. The van der Waals surface area contributed by atoms with Crippen LogP contribution in [0.3, 0.4) is 0 Å². The highest BCUT2D eigenvalue weighted by Crippen LogP contribution is 2.44. The van der Waals surface area contributed by atoms with Gasteiger partial charge >= 0.3 is 0 Å². The lowest BCUT2D eigenvalue weighted by Crippen LogP contribution is -2.48. The van der Waals surface area contributed by atoms with Crippen molar-refractivity contribution < 1.29 is 9.90 Å². The third-order valence-corrected chi connectivity index (χ3v) is 5.15. The molecule has 5 nitrogen and oxygen atoms in total. The third-order valence-electron chi connectivity index (χ3n) is 4.88. The lowest BCUT2D eigenvalue weighted by atomic mass is 9.69. The van der Waals surface area contributed by atoms with Gasteiger partial charge in [-0.3, -0.25) is 9.48 Å². The largest absolute Gasteiger partial charge is 0.387 e. The van der Waals surface area contributed by atoms with Gasteiger partial charge in [0.05, 0.1) is 17.2 Å². The second-order valence-electron chi connectivity index (χ2n) is 6.21. The summed E-state index contributed by atoms with van der Waals surface area (Å²) in [6.45, 7) is 2.98. The van der Waals surface area contributed by atoms with Crippen LogP contribution in [0.2, 0.25) is 5.02 Å². The molecule has 110 valence electrons. The van der Waals surface area contributed by atoms with Crippen molar-refractivity contribution in [2.75, 3.05) is 13.1 Å². The number of rotatable bonds is 2. The van der Waals surface area contributed by atoms with E-state index in [2.05, 4.69) is 5.10 Å². The summed E-state index contributed by atoms with van der Waals surface area (Å²) >= 11 is 6.03. The van der Waals surface area contributed by atoms with Crippen molar-refractivity contribution in [1.29, 1.82) is 0 Å². The summed E-state index contributed by atoms with van der Waals surface area (Å²) in [6, 6.07) is 0. The van der Waals surface area contributed by atoms with E-state index in [1.54, 1.807) is 18.1 Å². The highest BCUT2D eigenvalue weighted by molar-refractivity contribution is 6.33. The third kappa shape index (κ3) is 2.04. The number of carbonyl (C=O) groups is 1. The van der Waals surface area contributed by atoms with E-state index >= 15 is 0 Å². The van der Waals surface area contributed by atoms with Crippen LogP contribution in [0.1, 0.15) is 36.7 Å². The van der Waals surface area contributed by atoms with Crippen molar-refractivity contribution in [1.82, 2.24) is 14.7 Å². The molecule has 1 aliphatic carbocycles. The standard InChI is InChI=1S/C14H20ClN3O2/c1-9-6-18(8-14(9,20)10-4-3-5-10)13(19)12-11(15)7-17(2)16-12/h7,9-10,20H,3-6,8H2,1-2H3. The van der Waals surface area contributed by atoms with Crippen molar-refractivity contribution in [2.45, 2.75) is 31.8 Å². The number of aliphatic hydroxyl groups is 1. The molecule has 1 aliphatic heterocycles. The summed E-state index contributed by atoms with van der Waals surface area (Å²) in [4.78, 5) is 14.2. The molecule has 0 bridgehead atoms. The van der Waals surface area contributed by atoms with Crippen LogP contribution in [0.4, 0.5) is 0 Å². The molecule has 2 heterocycles. The van der Waals surface area contributed by atoms with Crippen LogP contribution in [0.25, 0.3) is 0 Å². The predicted octanol–water partition coefficient (Wildman–Crippen LogP) is 1.70. The summed E-state index contributed by atoms with van der Waals surface area (Å²) in [5.41, 5.74) is -0.464. The molecule has 0 radical (unpaired) electrons. The van der Waals surface area contributed by atoms with Gasteiger partial charge in [-0.15, -0.1) is 0 Å². The highest BCUT2D eigenvalue weighted by atomic mass is 35.5. The molecule has 2 atom stereocenters. The van der Waals surface area contributed by atoms with E-state index < -0.39 is 5.60 Å². The fraction of sp³-hybridized carbons (Fsp3) is 0.714. The Bertz CT molecular complexity index is 541. The maximum Gasteiger partial charge on any atom is 0.276 e. The van der Waals surface area contributed by atoms with E-state index in [9.17, 15) is 9.90 Å². The van der Waals surface area contributed by atoms with Crippen molar-refractivity contribution in [3.63, 3.8) is 0 Å². The number of carbonyl (C=O) groups excluding carboxylic acids is 1. The molecule has 1 amide bonds. The number of hydrogen-bond donors (Lipinski definition) is 1. The van der Waals surface area contributed by atoms with Crippen LogP contribution in [-0.2, 0) is 7.05 Å². The van der Waals surface area contributed by atoms with E-state index in [-0.39, 0.29) is 17.5 Å². The Morgan fingerprint density at radius 1 is 1.55 bits per heavy atom. The molecule has 1 aromatic rings. The van der Waals surface area contributed by atoms with E-state index in [0.717, 1.165) is 12.8 Å². The summed E-state index contributed by atoms with van der Waals surface area (Å²) in [6.07, 6.45) is 4.92. The van der Waals surface area contributed by atoms with Gasteiger partial charge in [0.15, 0.2) is 5.69 Å². The number of amides is 1. The first-order chi connectivity index (χ1) is 9.41. The Morgan fingerprint density at radius 3 is 2.75 bits per heavy atom. The van der Waals surface area contributed by atoms with Crippen molar-refractivity contribution in [2.24, 2.45) is 18.9 Å². The van der Waals surface area contributed by atoms with Gasteiger partial charge in [0, 0.05) is 25.7 Å². The van der Waals surface area contributed by atoms with E-state index in [1.807, 2.05) is 6.92 Å². The van der Waals surface area contributed by atoms with Gasteiger partial charge in [0.25, 0.3) is 5.91 Å². The lowest BCUT2D eigenvalue weighted by Gasteiger charge is -2.41. The van der Waals surface area contributed by atoms with Crippen LogP contribution in [-0.4, -0.2) is 44.4 Å². The van der Waals surface area contributed by atoms with E-state index in [4.69, 9.17) is 11.6 Å². The highest BCUT2D eigenvalue weighted by Gasteiger charge is 2.51. The maximum atomic E-state index is 12.5. The average Bonchev–Trinajstić information content (AvgIpc) is 2.77. The predicted molar refractivity (Wildman–Crippen MR) is 75.6 cm³/mol. The zero-order valence-corrected chi connectivity index (χ0v) is 12.6. The minimum absolute atomic E-state index is 0.0965. The van der Waals surface area contributed by atoms with Gasteiger partial charge < -0.3 is 10.0 Å². The molecule has 1 saturated heterocycles. The van der Waals surface area contributed by atoms with Crippen LogP contribution >= 0.6 is 11.6 Å². The number of hydrogen-bond acceptors (Lipinski definition) is 3. The average molecular weight is 298 g/mol. The van der Waals surface area contributed by atoms with Gasteiger partial charge in [0.1, 0.15) is 0 Å². The van der Waals surface area contributed by atoms with E-state index in [0.29, 0.717) is 24.0 Å². The molecule has 0 aromatic carbocycles. The second-order valence-corrected chi connectivity index (χ2v) is 6.61. The summed E-state index contributed by atoms with van der Waals surface area (Å²) in [5.74, 6) is 0.242. The Morgan fingerprint density at radius 2 is 2.25 bits per heavy atom. The monoisotopic (exact) mass is 297 g/mol. The van der Waals surface area contributed by atoms with Crippen molar-refractivity contribution >= 4 is 17.5 Å². The van der Waals surface area contributed by atoms with Crippen molar-refractivity contribution in [3.8, 4) is 0 Å². The second kappa shape index (κ2) is 4.74. The Labute approximate surface area is 123 Å². The molecule has 3 rings (SSSR count). The first-order valence-electron chi connectivity index (χ1n) is 7.12. The zero-order chi connectivity index (χ0) is 14.5. The summed E-state index contributed by atoms with van der Waals surface area (Å²) in [5, 5.41) is 15.4. The Kier molecular flexibility index (Phi) is 3.29. The fourth-order valence-electron chi connectivity index (χ4n) is 3.36. The fourth-order valence-corrected chi connectivity index (χ4v) is 3.62. The molecule has 20 heavy (non-hydrogen) atoms.